The van der Waals surface area contributed by atoms with Crippen molar-refractivity contribution >= 4 is 0 Å². The van der Waals surface area contributed by atoms with Crippen LogP contribution < -0.4 is 5.73 Å². The van der Waals surface area contributed by atoms with Crippen LogP contribution in [0.4, 0.5) is 0 Å². The van der Waals surface area contributed by atoms with Gasteiger partial charge in [0.1, 0.15) is 0 Å². The van der Waals surface area contributed by atoms with Crippen molar-refractivity contribution < 1.29 is 4.74 Å². The van der Waals surface area contributed by atoms with Crippen molar-refractivity contribution in [2.24, 2.45) is 5.73 Å². The zero-order chi connectivity index (χ0) is 10.6. The van der Waals surface area contributed by atoms with Crippen LogP contribution in [0.1, 0.15) is 33.6 Å². The lowest BCUT2D eigenvalue weighted by molar-refractivity contribution is 0.0356. The van der Waals surface area contributed by atoms with Gasteiger partial charge in [-0.05, 0) is 33.6 Å². The van der Waals surface area contributed by atoms with Crippen LogP contribution >= 0.6 is 0 Å². The summed E-state index contributed by atoms with van der Waals surface area (Å²) in [5, 5.41) is 0. The van der Waals surface area contributed by atoms with Crippen LogP contribution in [0.15, 0.2) is 0 Å². The average Bonchev–Trinajstić information content (AvgIpc) is 2.14. The molecule has 0 bridgehead atoms. The molecule has 0 aromatic carbocycles. The van der Waals surface area contributed by atoms with Crippen LogP contribution in [0, 0.1) is 0 Å². The van der Waals surface area contributed by atoms with E-state index in [1.165, 1.54) is 0 Å². The third kappa shape index (κ3) is 3.23. The molecule has 1 saturated heterocycles. The van der Waals surface area contributed by atoms with E-state index < -0.39 is 0 Å². The molecule has 14 heavy (non-hydrogen) atoms. The van der Waals surface area contributed by atoms with E-state index in [1.807, 2.05) is 6.92 Å². The Hall–Kier alpha value is -0.120. The normalized spacial score (nSPS) is 31.7. The number of hydrogen-bond acceptors (Lipinski definition) is 3. The van der Waals surface area contributed by atoms with E-state index in [4.69, 9.17) is 10.5 Å². The summed E-state index contributed by atoms with van der Waals surface area (Å²) in [7, 11) is 0. The minimum atomic E-state index is 0.403. The molecule has 3 nitrogen and oxygen atoms in total. The first-order chi connectivity index (χ1) is 6.65. The molecule has 1 heterocycles. The summed E-state index contributed by atoms with van der Waals surface area (Å²) in [6, 6.07) is 1.53. The molecule has 0 amide bonds. The molecule has 0 radical (unpaired) electrons. The van der Waals surface area contributed by atoms with Crippen molar-refractivity contribution in [3.63, 3.8) is 0 Å². The van der Waals surface area contributed by atoms with Gasteiger partial charge in [-0.2, -0.15) is 0 Å². The lowest BCUT2D eigenvalue weighted by Crippen LogP contribution is -2.50. The van der Waals surface area contributed by atoms with E-state index in [-0.39, 0.29) is 0 Å². The van der Waals surface area contributed by atoms with Crippen LogP contribution in [0.5, 0.6) is 0 Å². The molecular weight excluding hydrogens is 176 g/mol. The smallest absolute Gasteiger partial charge is 0.0619 e. The van der Waals surface area contributed by atoms with Crippen LogP contribution in [-0.4, -0.2) is 42.8 Å². The Morgan fingerprint density at radius 2 is 2.29 bits per heavy atom. The summed E-state index contributed by atoms with van der Waals surface area (Å²) in [5.74, 6) is 0. The molecule has 84 valence electrons. The summed E-state index contributed by atoms with van der Waals surface area (Å²) < 4.78 is 5.45. The van der Waals surface area contributed by atoms with Crippen molar-refractivity contribution in [1.29, 1.82) is 0 Å². The summed E-state index contributed by atoms with van der Waals surface area (Å²) in [6.07, 6.45) is 2.25. The third-order valence-electron chi connectivity index (χ3n) is 3.10. The van der Waals surface area contributed by atoms with Gasteiger partial charge in [-0.25, -0.2) is 0 Å². The Morgan fingerprint density at radius 1 is 1.57 bits per heavy atom. The summed E-state index contributed by atoms with van der Waals surface area (Å²) in [5.41, 5.74) is 5.93. The highest BCUT2D eigenvalue weighted by Crippen LogP contribution is 2.18. The molecule has 0 aliphatic carbocycles. The third-order valence-corrected chi connectivity index (χ3v) is 3.10. The van der Waals surface area contributed by atoms with Gasteiger partial charge in [-0.3, -0.25) is 4.90 Å². The number of hydrogen-bond donors (Lipinski definition) is 1. The van der Waals surface area contributed by atoms with Gasteiger partial charge in [-0.1, -0.05) is 0 Å². The van der Waals surface area contributed by atoms with Crippen molar-refractivity contribution in [2.75, 3.05) is 19.8 Å². The Labute approximate surface area is 87.6 Å². The summed E-state index contributed by atoms with van der Waals surface area (Å²) in [4.78, 5) is 2.51. The average molecular weight is 200 g/mol. The second-order valence-electron chi connectivity index (χ2n) is 4.38. The Kier molecular flexibility index (Phi) is 4.85. The molecule has 1 rings (SSSR count). The van der Waals surface area contributed by atoms with E-state index in [0.29, 0.717) is 18.1 Å². The molecule has 2 N–H and O–H groups in total. The fourth-order valence-electron chi connectivity index (χ4n) is 2.27. The molecular formula is C11H24N2O. The number of piperidine rings is 1. The van der Waals surface area contributed by atoms with Gasteiger partial charge in [0.25, 0.3) is 0 Å². The highest BCUT2D eigenvalue weighted by molar-refractivity contribution is 4.83. The van der Waals surface area contributed by atoms with E-state index >= 15 is 0 Å². The SMILES string of the molecule is CCOCC(C)N1CCC(N)CC1C. The number of ether oxygens (including phenoxy) is 1. The zero-order valence-electron chi connectivity index (χ0n) is 9.70. The molecule has 1 aliphatic rings. The Bertz CT molecular complexity index is 163. The number of nitrogens with zero attached hydrogens (tertiary/aromatic N) is 1. The summed E-state index contributed by atoms with van der Waals surface area (Å²) >= 11 is 0. The predicted molar refractivity (Wildman–Crippen MR) is 59.3 cm³/mol. The van der Waals surface area contributed by atoms with Gasteiger partial charge in [0, 0.05) is 31.3 Å². The first kappa shape index (κ1) is 12.0. The molecule has 1 fully saturated rings. The molecule has 0 aromatic heterocycles. The van der Waals surface area contributed by atoms with Crippen LogP contribution in [0.3, 0.4) is 0 Å². The standard InChI is InChI=1S/C11H24N2O/c1-4-14-8-10(3)13-6-5-11(12)7-9(13)2/h9-11H,4-8,12H2,1-3H3. The number of rotatable bonds is 4. The molecule has 3 heteroatoms. The second kappa shape index (κ2) is 5.69. The lowest BCUT2D eigenvalue weighted by Gasteiger charge is -2.40. The lowest BCUT2D eigenvalue weighted by atomic mass is 9.97. The van der Waals surface area contributed by atoms with Gasteiger partial charge < -0.3 is 10.5 Å². The maximum Gasteiger partial charge on any atom is 0.0619 e. The molecule has 3 unspecified atom stereocenters. The fraction of sp³-hybridized carbons (Fsp3) is 1.00. The monoisotopic (exact) mass is 200 g/mol. The van der Waals surface area contributed by atoms with Crippen LogP contribution in [0.2, 0.25) is 0 Å². The highest BCUT2D eigenvalue weighted by Gasteiger charge is 2.26. The Balaban J connectivity index is 2.35. The van der Waals surface area contributed by atoms with E-state index in [1.54, 1.807) is 0 Å². The maximum atomic E-state index is 5.93. The fourth-order valence-corrected chi connectivity index (χ4v) is 2.27. The van der Waals surface area contributed by atoms with E-state index in [0.717, 1.165) is 32.6 Å². The molecule has 0 aromatic rings. The molecule has 0 spiro atoms. The minimum Gasteiger partial charge on any atom is -0.380 e. The van der Waals surface area contributed by atoms with Gasteiger partial charge in [0.05, 0.1) is 6.61 Å². The minimum absolute atomic E-state index is 0.403. The van der Waals surface area contributed by atoms with E-state index in [2.05, 4.69) is 18.7 Å². The van der Waals surface area contributed by atoms with E-state index in [9.17, 15) is 0 Å². The summed E-state index contributed by atoms with van der Waals surface area (Å²) in [6.45, 7) is 9.32. The predicted octanol–water partition coefficient (Wildman–Crippen LogP) is 1.22. The highest BCUT2D eigenvalue weighted by atomic mass is 16.5. The molecule has 3 atom stereocenters. The molecule has 1 aliphatic heterocycles. The van der Waals surface area contributed by atoms with Gasteiger partial charge >= 0.3 is 0 Å². The molecule has 0 saturated carbocycles. The quantitative estimate of drug-likeness (QED) is 0.741. The zero-order valence-corrected chi connectivity index (χ0v) is 9.70. The van der Waals surface area contributed by atoms with Crippen LogP contribution in [0.25, 0.3) is 0 Å². The first-order valence-corrected chi connectivity index (χ1v) is 5.74. The maximum absolute atomic E-state index is 5.93. The Morgan fingerprint density at radius 3 is 2.86 bits per heavy atom. The van der Waals surface area contributed by atoms with Crippen molar-refractivity contribution in [2.45, 2.75) is 51.7 Å². The van der Waals surface area contributed by atoms with Gasteiger partial charge in [0.15, 0.2) is 0 Å². The first-order valence-electron chi connectivity index (χ1n) is 5.74. The topological polar surface area (TPSA) is 38.5 Å². The van der Waals surface area contributed by atoms with Crippen LogP contribution in [-0.2, 0) is 4.74 Å². The largest absolute Gasteiger partial charge is 0.380 e. The van der Waals surface area contributed by atoms with Crippen molar-refractivity contribution in [3.8, 4) is 0 Å². The van der Waals surface area contributed by atoms with Crippen molar-refractivity contribution in [3.05, 3.63) is 0 Å². The van der Waals surface area contributed by atoms with Gasteiger partial charge in [-0.15, -0.1) is 0 Å². The number of likely N-dealkylation sites (tertiary alicyclic amines) is 1. The van der Waals surface area contributed by atoms with Crippen molar-refractivity contribution in [1.82, 2.24) is 4.90 Å². The number of nitrogens with two attached hydrogens (primary N) is 1. The van der Waals surface area contributed by atoms with Gasteiger partial charge in [0.2, 0.25) is 0 Å². The second-order valence-corrected chi connectivity index (χ2v) is 4.38.